The predicted molar refractivity (Wildman–Crippen MR) is 82.5 cm³/mol. The van der Waals surface area contributed by atoms with Gasteiger partial charge >= 0.3 is 6.03 Å². The Balaban J connectivity index is 1.54. The molecule has 7 nitrogen and oxygen atoms in total. The number of aromatic nitrogens is 3. The van der Waals surface area contributed by atoms with Crippen LogP contribution in [0.25, 0.3) is 0 Å². The lowest BCUT2D eigenvalue weighted by Gasteiger charge is -2.15. The lowest BCUT2D eigenvalue weighted by molar-refractivity contribution is -0.126. The van der Waals surface area contributed by atoms with Crippen LogP contribution < -0.4 is 5.32 Å². The third kappa shape index (κ3) is 3.43. The summed E-state index contributed by atoms with van der Waals surface area (Å²) in [5.74, 6) is 1.41. The number of nitrogens with one attached hydrogen (secondary N) is 2. The molecule has 120 valence electrons. The van der Waals surface area contributed by atoms with Crippen molar-refractivity contribution in [2.45, 2.75) is 49.4 Å². The van der Waals surface area contributed by atoms with E-state index in [0.29, 0.717) is 24.2 Å². The molecule has 3 amide bonds. The van der Waals surface area contributed by atoms with Gasteiger partial charge in [0.15, 0.2) is 0 Å². The molecule has 0 radical (unpaired) electrons. The molecular formula is C14H21N5O2S. The zero-order valence-electron chi connectivity index (χ0n) is 12.7. The number of nitrogens with zero attached hydrogens (tertiary/aromatic N) is 3. The minimum atomic E-state index is -0.376. The maximum atomic E-state index is 12.2. The van der Waals surface area contributed by atoms with Crippen molar-refractivity contribution in [1.29, 1.82) is 0 Å². The molecule has 2 aliphatic rings. The smallest absolute Gasteiger partial charge is 0.324 e. The van der Waals surface area contributed by atoms with E-state index in [2.05, 4.69) is 20.5 Å². The molecule has 1 saturated carbocycles. The number of hydrogen-bond acceptors (Lipinski definition) is 5. The SMILES string of the molecule is C[C@H](Sc1n[nH]c(CC2CCCC2)n1)C(=O)N1CCNC1=O. The van der Waals surface area contributed by atoms with Crippen LogP contribution in [0, 0.1) is 5.92 Å². The van der Waals surface area contributed by atoms with Crippen LogP contribution in [0.5, 0.6) is 0 Å². The summed E-state index contributed by atoms with van der Waals surface area (Å²) in [6.07, 6.45) is 6.09. The number of carbonyl (C=O) groups is 2. The largest absolute Gasteiger partial charge is 0.336 e. The molecule has 1 aliphatic heterocycles. The highest BCUT2D eigenvalue weighted by molar-refractivity contribution is 8.00. The monoisotopic (exact) mass is 323 g/mol. The second-order valence-electron chi connectivity index (χ2n) is 5.90. The molecule has 8 heteroatoms. The van der Waals surface area contributed by atoms with Crippen molar-refractivity contribution < 1.29 is 9.59 Å². The topological polar surface area (TPSA) is 91.0 Å². The van der Waals surface area contributed by atoms with Gasteiger partial charge in [0.25, 0.3) is 0 Å². The first-order chi connectivity index (χ1) is 10.6. The number of imide groups is 1. The number of hydrogen-bond donors (Lipinski definition) is 2. The van der Waals surface area contributed by atoms with Crippen molar-refractivity contribution >= 4 is 23.7 Å². The molecule has 0 spiro atoms. The Hall–Kier alpha value is -1.57. The second kappa shape index (κ2) is 6.68. The third-order valence-corrected chi connectivity index (χ3v) is 5.17. The van der Waals surface area contributed by atoms with Crippen LogP contribution in [0.15, 0.2) is 5.16 Å². The van der Waals surface area contributed by atoms with Crippen LogP contribution in [0.1, 0.15) is 38.4 Å². The van der Waals surface area contributed by atoms with E-state index in [9.17, 15) is 9.59 Å². The van der Waals surface area contributed by atoms with Crippen LogP contribution in [-0.4, -0.2) is 50.4 Å². The fourth-order valence-corrected chi connectivity index (χ4v) is 3.83. The van der Waals surface area contributed by atoms with E-state index < -0.39 is 0 Å². The van der Waals surface area contributed by atoms with Crippen molar-refractivity contribution in [2.75, 3.05) is 13.1 Å². The molecule has 1 atom stereocenters. The molecular weight excluding hydrogens is 302 g/mol. The van der Waals surface area contributed by atoms with Gasteiger partial charge in [0.05, 0.1) is 5.25 Å². The van der Waals surface area contributed by atoms with E-state index >= 15 is 0 Å². The zero-order chi connectivity index (χ0) is 15.5. The fourth-order valence-electron chi connectivity index (χ4n) is 3.02. The minimum Gasteiger partial charge on any atom is -0.336 e. The maximum Gasteiger partial charge on any atom is 0.324 e. The van der Waals surface area contributed by atoms with Crippen LogP contribution in [-0.2, 0) is 11.2 Å². The van der Waals surface area contributed by atoms with Crippen molar-refractivity contribution in [3.8, 4) is 0 Å². The summed E-state index contributed by atoms with van der Waals surface area (Å²) >= 11 is 1.29. The van der Waals surface area contributed by atoms with E-state index in [1.54, 1.807) is 6.92 Å². The molecule has 1 aromatic heterocycles. The van der Waals surface area contributed by atoms with Crippen molar-refractivity contribution in [1.82, 2.24) is 25.4 Å². The molecule has 1 saturated heterocycles. The van der Waals surface area contributed by atoms with E-state index in [1.807, 2.05) is 0 Å². The van der Waals surface area contributed by atoms with Crippen LogP contribution in [0.4, 0.5) is 4.79 Å². The van der Waals surface area contributed by atoms with Crippen LogP contribution in [0.3, 0.4) is 0 Å². The van der Waals surface area contributed by atoms with Gasteiger partial charge in [0, 0.05) is 19.5 Å². The summed E-state index contributed by atoms with van der Waals surface area (Å²) in [4.78, 5) is 29.5. The number of aromatic amines is 1. The normalized spacial score (nSPS) is 20.4. The summed E-state index contributed by atoms with van der Waals surface area (Å²) in [6.45, 7) is 2.74. The van der Waals surface area contributed by atoms with Gasteiger partial charge in [0.2, 0.25) is 11.1 Å². The Bertz CT molecular complexity index is 555. The highest BCUT2D eigenvalue weighted by atomic mass is 32.2. The average molecular weight is 323 g/mol. The fraction of sp³-hybridized carbons (Fsp3) is 0.714. The minimum absolute atomic E-state index is 0.192. The van der Waals surface area contributed by atoms with Crippen molar-refractivity contribution in [3.05, 3.63) is 5.82 Å². The van der Waals surface area contributed by atoms with Gasteiger partial charge in [-0.1, -0.05) is 37.4 Å². The molecule has 22 heavy (non-hydrogen) atoms. The average Bonchev–Trinajstić information content (AvgIpc) is 3.22. The molecule has 0 aromatic carbocycles. The second-order valence-corrected chi connectivity index (χ2v) is 7.21. The van der Waals surface area contributed by atoms with Gasteiger partial charge in [-0.25, -0.2) is 9.78 Å². The number of amides is 3. The first kappa shape index (κ1) is 15.3. The highest BCUT2D eigenvalue weighted by Crippen LogP contribution is 2.28. The van der Waals surface area contributed by atoms with Gasteiger partial charge in [-0.3, -0.25) is 14.8 Å². The van der Waals surface area contributed by atoms with Crippen molar-refractivity contribution in [3.63, 3.8) is 0 Å². The standard InChI is InChI=1S/C14H21N5O2S/c1-9(12(20)19-7-6-15-14(19)21)22-13-16-11(17-18-13)8-10-4-2-3-5-10/h9-10H,2-8H2,1H3,(H,15,21)(H,16,17,18)/t9-/m0/s1. The van der Waals surface area contributed by atoms with E-state index in [0.717, 1.165) is 12.2 Å². The third-order valence-electron chi connectivity index (χ3n) is 4.22. The molecule has 0 bridgehead atoms. The Morgan fingerprint density at radius 1 is 1.45 bits per heavy atom. The van der Waals surface area contributed by atoms with E-state index in [1.165, 1.54) is 42.3 Å². The predicted octanol–water partition coefficient (Wildman–Crippen LogP) is 1.57. The zero-order valence-corrected chi connectivity index (χ0v) is 13.5. The maximum absolute atomic E-state index is 12.2. The molecule has 2 heterocycles. The number of rotatable bonds is 5. The molecule has 0 unspecified atom stereocenters. The summed E-state index contributed by atoms with van der Waals surface area (Å²) in [5, 5.41) is 9.99. The first-order valence-electron chi connectivity index (χ1n) is 7.80. The number of carbonyl (C=O) groups excluding carboxylic acids is 2. The van der Waals surface area contributed by atoms with E-state index in [4.69, 9.17) is 0 Å². The van der Waals surface area contributed by atoms with Gasteiger partial charge in [-0.15, -0.1) is 5.10 Å². The Morgan fingerprint density at radius 2 is 2.23 bits per heavy atom. The highest BCUT2D eigenvalue weighted by Gasteiger charge is 2.30. The van der Waals surface area contributed by atoms with Gasteiger partial charge in [-0.05, 0) is 12.8 Å². The number of thioether (sulfide) groups is 1. The lowest BCUT2D eigenvalue weighted by atomic mass is 10.0. The summed E-state index contributed by atoms with van der Waals surface area (Å²) in [6, 6.07) is -0.311. The molecule has 3 rings (SSSR count). The van der Waals surface area contributed by atoms with Gasteiger partial charge < -0.3 is 5.32 Å². The number of H-pyrrole nitrogens is 1. The van der Waals surface area contributed by atoms with Crippen LogP contribution in [0.2, 0.25) is 0 Å². The summed E-state index contributed by atoms with van der Waals surface area (Å²) in [5.41, 5.74) is 0. The first-order valence-corrected chi connectivity index (χ1v) is 8.68. The Kier molecular flexibility index (Phi) is 4.66. The van der Waals surface area contributed by atoms with E-state index in [-0.39, 0.29) is 17.2 Å². The molecule has 1 aromatic rings. The van der Waals surface area contributed by atoms with Crippen LogP contribution >= 0.6 is 11.8 Å². The summed E-state index contributed by atoms with van der Waals surface area (Å²) < 4.78 is 0. The Morgan fingerprint density at radius 3 is 2.91 bits per heavy atom. The quantitative estimate of drug-likeness (QED) is 0.803. The Labute approximate surface area is 133 Å². The van der Waals surface area contributed by atoms with Gasteiger partial charge in [-0.2, -0.15) is 0 Å². The lowest BCUT2D eigenvalue weighted by Crippen LogP contribution is -2.38. The number of urea groups is 1. The van der Waals surface area contributed by atoms with Crippen molar-refractivity contribution in [2.24, 2.45) is 5.92 Å². The molecule has 1 aliphatic carbocycles. The van der Waals surface area contributed by atoms with Gasteiger partial charge in [0.1, 0.15) is 5.82 Å². The molecule has 2 fully saturated rings. The summed E-state index contributed by atoms with van der Waals surface area (Å²) in [7, 11) is 0. The molecule has 2 N–H and O–H groups in total.